The summed E-state index contributed by atoms with van der Waals surface area (Å²) in [4.78, 5) is 15.1. The standard InChI is InChI=1S/C28H27Cl2NO3/c1-33-27-13-6-20(17-22(27)19-34-28-14-9-23(29)18-25(28)30)5-12-26(32)21-7-10-24(11-8-21)31-15-3-2-4-16-31/h5-14,17-18H,2-4,15-16,19H2,1H3/b12-5+. The minimum Gasteiger partial charge on any atom is -0.496 e. The first-order valence-electron chi connectivity index (χ1n) is 11.4. The van der Waals surface area contributed by atoms with Crippen LogP contribution in [0.4, 0.5) is 5.69 Å². The van der Waals surface area contributed by atoms with Crippen LogP contribution in [-0.4, -0.2) is 26.0 Å². The van der Waals surface area contributed by atoms with Gasteiger partial charge in [-0.2, -0.15) is 0 Å². The Morgan fingerprint density at radius 2 is 1.68 bits per heavy atom. The highest BCUT2D eigenvalue weighted by molar-refractivity contribution is 6.35. The quantitative estimate of drug-likeness (QED) is 0.240. The zero-order chi connectivity index (χ0) is 23.9. The molecule has 1 aliphatic heterocycles. The van der Waals surface area contributed by atoms with Crippen molar-refractivity contribution in [3.63, 3.8) is 0 Å². The van der Waals surface area contributed by atoms with Gasteiger partial charge in [-0.15, -0.1) is 0 Å². The minimum absolute atomic E-state index is 0.0354. The van der Waals surface area contributed by atoms with Gasteiger partial charge in [-0.05, 0) is 85.5 Å². The highest BCUT2D eigenvalue weighted by Gasteiger charge is 2.12. The summed E-state index contributed by atoms with van der Waals surface area (Å²) in [6.07, 6.45) is 7.15. The fourth-order valence-electron chi connectivity index (χ4n) is 4.02. The molecule has 0 spiro atoms. The first kappa shape index (κ1) is 24.2. The molecule has 176 valence electrons. The number of carbonyl (C=O) groups excluding carboxylic acids is 1. The maximum Gasteiger partial charge on any atom is 0.185 e. The number of ketones is 1. The first-order chi connectivity index (χ1) is 16.5. The van der Waals surface area contributed by atoms with E-state index in [1.165, 1.54) is 24.9 Å². The highest BCUT2D eigenvalue weighted by Crippen LogP contribution is 2.30. The predicted octanol–water partition coefficient (Wildman–Crippen LogP) is 7.47. The Hall–Kier alpha value is -2.95. The normalized spacial score (nSPS) is 13.8. The van der Waals surface area contributed by atoms with Crippen LogP contribution < -0.4 is 14.4 Å². The van der Waals surface area contributed by atoms with Gasteiger partial charge in [0.2, 0.25) is 0 Å². The Morgan fingerprint density at radius 3 is 2.38 bits per heavy atom. The fourth-order valence-corrected chi connectivity index (χ4v) is 4.48. The van der Waals surface area contributed by atoms with Gasteiger partial charge in [0.25, 0.3) is 0 Å². The fraction of sp³-hybridized carbons (Fsp3) is 0.250. The van der Waals surface area contributed by atoms with Crippen molar-refractivity contribution in [1.29, 1.82) is 0 Å². The molecule has 34 heavy (non-hydrogen) atoms. The van der Waals surface area contributed by atoms with E-state index in [0.717, 1.165) is 24.2 Å². The lowest BCUT2D eigenvalue weighted by Crippen LogP contribution is -2.29. The van der Waals surface area contributed by atoms with E-state index in [1.807, 2.05) is 42.5 Å². The number of hydrogen-bond donors (Lipinski definition) is 0. The van der Waals surface area contributed by atoms with E-state index in [0.29, 0.717) is 27.1 Å². The number of anilines is 1. The molecule has 6 heteroatoms. The van der Waals surface area contributed by atoms with Gasteiger partial charge in [-0.1, -0.05) is 35.3 Å². The summed E-state index contributed by atoms with van der Waals surface area (Å²) in [5.74, 6) is 1.20. The number of rotatable bonds is 8. The monoisotopic (exact) mass is 495 g/mol. The molecule has 0 aromatic heterocycles. The Kier molecular flexibility index (Phi) is 8.15. The number of ether oxygens (including phenoxy) is 2. The van der Waals surface area contributed by atoms with Gasteiger partial charge < -0.3 is 14.4 Å². The molecule has 1 fully saturated rings. The molecule has 0 radical (unpaired) electrons. The van der Waals surface area contributed by atoms with Crippen molar-refractivity contribution in [3.8, 4) is 11.5 Å². The van der Waals surface area contributed by atoms with Crippen LogP contribution in [0.2, 0.25) is 10.0 Å². The van der Waals surface area contributed by atoms with E-state index in [4.69, 9.17) is 32.7 Å². The van der Waals surface area contributed by atoms with E-state index < -0.39 is 0 Å². The third-order valence-electron chi connectivity index (χ3n) is 5.88. The summed E-state index contributed by atoms with van der Waals surface area (Å²) in [6, 6.07) is 18.7. The third kappa shape index (κ3) is 6.13. The summed E-state index contributed by atoms with van der Waals surface area (Å²) in [5, 5.41) is 0.993. The highest BCUT2D eigenvalue weighted by atomic mass is 35.5. The summed E-state index contributed by atoms with van der Waals surface area (Å²) in [6.45, 7) is 2.43. The lowest BCUT2D eigenvalue weighted by molar-refractivity contribution is 0.104. The number of allylic oxidation sites excluding steroid dienone is 1. The molecule has 0 aliphatic carbocycles. The average Bonchev–Trinajstić information content (AvgIpc) is 2.87. The first-order valence-corrected chi connectivity index (χ1v) is 12.1. The van der Waals surface area contributed by atoms with Gasteiger partial charge in [0.1, 0.15) is 18.1 Å². The van der Waals surface area contributed by atoms with E-state index in [-0.39, 0.29) is 12.4 Å². The molecule has 0 bridgehead atoms. The van der Waals surface area contributed by atoms with Gasteiger partial charge in [-0.3, -0.25) is 4.79 Å². The van der Waals surface area contributed by atoms with E-state index in [2.05, 4.69) is 4.90 Å². The van der Waals surface area contributed by atoms with Gasteiger partial charge >= 0.3 is 0 Å². The van der Waals surface area contributed by atoms with Crippen LogP contribution in [0.3, 0.4) is 0 Å². The average molecular weight is 496 g/mol. The smallest absolute Gasteiger partial charge is 0.185 e. The summed E-state index contributed by atoms with van der Waals surface area (Å²) in [5.41, 5.74) is 3.57. The van der Waals surface area contributed by atoms with Crippen LogP contribution in [0.15, 0.2) is 66.7 Å². The van der Waals surface area contributed by atoms with Gasteiger partial charge in [0.05, 0.1) is 12.1 Å². The van der Waals surface area contributed by atoms with Crippen molar-refractivity contribution in [2.45, 2.75) is 25.9 Å². The molecule has 0 unspecified atom stereocenters. The van der Waals surface area contributed by atoms with Gasteiger partial charge in [0, 0.05) is 34.9 Å². The molecule has 1 saturated heterocycles. The van der Waals surface area contributed by atoms with Crippen LogP contribution in [-0.2, 0) is 6.61 Å². The predicted molar refractivity (Wildman–Crippen MR) is 140 cm³/mol. The number of methoxy groups -OCH3 is 1. The van der Waals surface area contributed by atoms with Crippen molar-refractivity contribution >= 4 is 40.7 Å². The maximum atomic E-state index is 12.7. The number of carbonyl (C=O) groups is 1. The third-order valence-corrected chi connectivity index (χ3v) is 6.41. The van der Waals surface area contributed by atoms with Crippen molar-refractivity contribution < 1.29 is 14.3 Å². The summed E-state index contributed by atoms with van der Waals surface area (Å²) >= 11 is 12.2. The van der Waals surface area contributed by atoms with Crippen LogP contribution >= 0.6 is 23.2 Å². The molecule has 3 aromatic rings. The number of nitrogens with zero attached hydrogens (tertiary/aromatic N) is 1. The lowest BCUT2D eigenvalue weighted by Gasteiger charge is -2.28. The summed E-state index contributed by atoms with van der Waals surface area (Å²) < 4.78 is 11.3. The molecule has 1 heterocycles. The van der Waals surface area contributed by atoms with Crippen LogP contribution in [0, 0.1) is 0 Å². The van der Waals surface area contributed by atoms with Gasteiger partial charge in [-0.25, -0.2) is 0 Å². The molecule has 0 saturated carbocycles. The van der Waals surface area contributed by atoms with Crippen LogP contribution in [0.5, 0.6) is 11.5 Å². The Morgan fingerprint density at radius 1 is 0.941 bits per heavy atom. The maximum absolute atomic E-state index is 12.7. The number of hydrogen-bond acceptors (Lipinski definition) is 4. The second-order valence-electron chi connectivity index (χ2n) is 8.23. The van der Waals surface area contributed by atoms with Crippen LogP contribution in [0.25, 0.3) is 6.08 Å². The minimum atomic E-state index is -0.0354. The van der Waals surface area contributed by atoms with Crippen LogP contribution in [0.1, 0.15) is 40.7 Å². The molecule has 4 nitrogen and oxygen atoms in total. The molecule has 0 atom stereocenters. The molecule has 1 aliphatic rings. The Balaban J connectivity index is 1.43. The molecule has 0 N–H and O–H groups in total. The second kappa shape index (κ2) is 11.5. The van der Waals surface area contributed by atoms with E-state index >= 15 is 0 Å². The SMILES string of the molecule is COc1ccc(/C=C/C(=O)c2ccc(N3CCCCC3)cc2)cc1COc1ccc(Cl)cc1Cl. The van der Waals surface area contributed by atoms with E-state index in [9.17, 15) is 4.79 Å². The lowest BCUT2D eigenvalue weighted by atomic mass is 10.1. The second-order valence-corrected chi connectivity index (χ2v) is 9.07. The van der Waals surface area contributed by atoms with Crippen molar-refractivity contribution in [2.24, 2.45) is 0 Å². The topological polar surface area (TPSA) is 38.8 Å². The molecular weight excluding hydrogens is 469 g/mol. The Labute approximate surface area is 210 Å². The molecule has 0 amide bonds. The van der Waals surface area contributed by atoms with Crippen molar-refractivity contribution in [3.05, 3.63) is 93.5 Å². The van der Waals surface area contributed by atoms with E-state index in [1.54, 1.807) is 37.5 Å². The van der Waals surface area contributed by atoms with Crippen molar-refractivity contribution in [1.82, 2.24) is 0 Å². The molecular formula is C28H27Cl2NO3. The number of halogens is 2. The number of benzene rings is 3. The largest absolute Gasteiger partial charge is 0.496 e. The molecule has 4 rings (SSSR count). The van der Waals surface area contributed by atoms with Gasteiger partial charge in [0.15, 0.2) is 5.78 Å². The zero-order valence-corrected chi connectivity index (χ0v) is 20.6. The van der Waals surface area contributed by atoms with Crippen molar-refractivity contribution in [2.75, 3.05) is 25.1 Å². The molecule has 3 aromatic carbocycles. The summed E-state index contributed by atoms with van der Waals surface area (Å²) in [7, 11) is 1.61. The Bertz CT molecular complexity index is 1170. The number of piperidine rings is 1. The zero-order valence-electron chi connectivity index (χ0n) is 19.1.